The van der Waals surface area contributed by atoms with Gasteiger partial charge in [0.2, 0.25) is 0 Å². The quantitative estimate of drug-likeness (QED) is 0.795. The molecule has 0 aliphatic carbocycles. The van der Waals surface area contributed by atoms with Crippen LogP contribution in [0.5, 0.6) is 0 Å². The first-order valence-corrected chi connectivity index (χ1v) is 7.17. The van der Waals surface area contributed by atoms with E-state index in [-0.39, 0.29) is 5.41 Å². The zero-order chi connectivity index (χ0) is 13.8. The molecule has 0 radical (unpaired) electrons. The van der Waals surface area contributed by atoms with Crippen molar-refractivity contribution in [3.63, 3.8) is 0 Å². The molecule has 18 heavy (non-hydrogen) atoms. The third kappa shape index (κ3) is 3.58. The van der Waals surface area contributed by atoms with E-state index in [1.165, 1.54) is 5.56 Å². The van der Waals surface area contributed by atoms with Gasteiger partial charge in [-0.3, -0.25) is 0 Å². The first kappa shape index (κ1) is 15.2. The molecular weight excluding hydrogens is 220 g/mol. The monoisotopic (exact) mass is 248 g/mol. The van der Waals surface area contributed by atoms with Crippen molar-refractivity contribution in [2.75, 3.05) is 0 Å². The number of aliphatic hydroxyl groups is 1. The van der Waals surface area contributed by atoms with E-state index in [4.69, 9.17) is 0 Å². The maximum atomic E-state index is 10.8. The first-order chi connectivity index (χ1) is 8.33. The highest BCUT2D eigenvalue weighted by molar-refractivity contribution is 5.30. The second-order valence-electron chi connectivity index (χ2n) is 6.36. The molecule has 0 fully saturated rings. The van der Waals surface area contributed by atoms with Crippen LogP contribution in [0.15, 0.2) is 24.3 Å². The van der Waals surface area contributed by atoms with Gasteiger partial charge in [-0.05, 0) is 29.4 Å². The van der Waals surface area contributed by atoms with Crippen LogP contribution < -0.4 is 0 Å². The molecule has 1 nitrogen and oxygen atoms in total. The molecule has 0 saturated carbocycles. The fraction of sp³-hybridized carbons (Fsp3) is 0.647. The molecule has 0 bridgehead atoms. The van der Waals surface area contributed by atoms with Crippen molar-refractivity contribution in [1.29, 1.82) is 0 Å². The molecule has 102 valence electrons. The van der Waals surface area contributed by atoms with Gasteiger partial charge in [-0.2, -0.15) is 0 Å². The molecule has 0 aromatic heterocycles. The topological polar surface area (TPSA) is 20.2 Å². The standard InChI is InChI=1S/C17H28O/c1-6-12-17(18,13-7-2)15-10-8-14(9-11-15)16(3,4)5/h8-11,18H,6-7,12-13H2,1-5H3. The van der Waals surface area contributed by atoms with Gasteiger partial charge in [0.15, 0.2) is 0 Å². The normalized spacial score (nSPS) is 12.8. The molecule has 0 heterocycles. The van der Waals surface area contributed by atoms with Crippen molar-refractivity contribution >= 4 is 0 Å². The summed E-state index contributed by atoms with van der Waals surface area (Å²) < 4.78 is 0. The van der Waals surface area contributed by atoms with Crippen LogP contribution >= 0.6 is 0 Å². The van der Waals surface area contributed by atoms with E-state index >= 15 is 0 Å². The third-order valence-electron chi connectivity index (χ3n) is 3.62. The van der Waals surface area contributed by atoms with Gasteiger partial charge < -0.3 is 5.11 Å². The van der Waals surface area contributed by atoms with Crippen LogP contribution in [0.3, 0.4) is 0 Å². The summed E-state index contributed by atoms with van der Waals surface area (Å²) in [4.78, 5) is 0. The zero-order valence-electron chi connectivity index (χ0n) is 12.6. The van der Waals surface area contributed by atoms with Gasteiger partial charge in [-0.25, -0.2) is 0 Å². The molecule has 0 amide bonds. The van der Waals surface area contributed by atoms with E-state index in [9.17, 15) is 5.11 Å². The summed E-state index contributed by atoms with van der Waals surface area (Å²) in [5.74, 6) is 0. The van der Waals surface area contributed by atoms with Crippen LogP contribution in [0.25, 0.3) is 0 Å². The Balaban J connectivity index is 3.01. The maximum absolute atomic E-state index is 10.8. The van der Waals surface area contributed by atoms with E-state index in [1.54, 1.807) is 0 Å². The molecule has 0 aliphatic heterocycles. The second kappa shape index (κ2) is 5.88. The van der Waals surface area contributed by atoms with Crippen LogP contribution in [-0.4, -0.2) is 5.11 Å². The Kier molecular flexibility index (Phi) is 4.98. The maximum Gasteiger partial charge on any atom is 0.0896 e. The van der Waals surface area contributed by atoms with Gasteiger partial charge in [0.05, 0.1) is 5.60 Å². The minimum Gasteiger partial charge on any atom is -0.385 e. The highest BCUT2D eigenvalue weighted by Crippen LogP contribution is 2.33. The second-order valence-corrected chi connectivity index (χ2v) is 6.36. The van der Waals surface area contributed by atoms with Gasteiger partial charge in [0.25, 0.3) is 0 Å². The summed E-state index contributed by atoms with van der Waals surface area (Å²) in [6.45, 7) is 10.9. The molecule has 1 N–H and O–H groups in total. The molecular formula is C17H28O. The van der Waals surface area contributed by atoms with E-state index in [0.717, 1.165) is 31.2 Å². The van der Waals surface area contributed by atoms with Crippen molar-refractivity contribution in [2.45, 2.75) is 71.3 Å². The van der Waals surface area contributed by atoms with Crippen molar-refractivity contribution in [2.24, 2.45) is 0 Å². The molecule has 1 rings (SSSR count). The lowest BCUT2D eigenvalue weighted by Crippen LogP contribution is -2.25. The van der Waals surface area contributed by atoms with E-state index in [0.29, 0.717) is 0 Å². The number of hydrogen-bond acceptors (Lipinski definition) is 1. The Morgan fingerprint density at radius 1 is 0.833 bits per heavy atom. The smallest absolute Gasteiger partial charge is 0.0896 e. The van der Waals surface area contributed by atoms with Crippen LogP contribution in [0.4, 0.5) is 0 Å². The number of benzene rings is 1. The van der Waals surface area contributed by atoms with E-state index < -0.39 is 5.60 Å². The Morgan fingerprint density at radius 2 is 1.22 bits per heavy atom. The molecule has 0 unspecified atom stereocenters. The van der Waals surface area contributed by atoms with Crippen LogP contribution in [-0.2, 0) is 11.0 Å². The lowest BCUT2D eigenvalue weighted by atomic mass is 9.82. The largest absolute Gasteiger partial charge is 0.385 e. The Hall–Kier alpha value is -0.820. The Labute approximate surface area is 112 Å². The number of hydrogen-bond donors (Lipinski definition) is 1. The predicted octanol–water partition coefficient (Wildman–Crippen LogP) is 4.77. The molecule has 1 aromatic carbocycles. The summed E-state index contributed by atoms with van der Waals surface area (Å²) in [7, 11) is 0. The average molecular weight is 248 g/mol. The van der Waals surface area contributed by atoms with Gasteiger partial charge >= 0.3 is 0 Å². The molecule has 0 aliphatic rings. The van der Waals surface area contributed by atoms with E-state index in [1.807, 2.05) is 0 Å². The fourth-order valence-electron chi connectivity index (χ4n) is 2.52. The van der Waals surface area contributed by atoms with Crippen molar-refractivity contribution < 1.29 is 5.11 Å². The van der Waals surface area contributed by atoms with Gasteiger partial charge in [-0.1, -0.05) is 71.7 Å². The Bertz CT molecular complexity index is 350. The molecule has 0 saturated heterocycles. The first-order valence-electron chi connectivity index (χ1n) is 7.17. The van der Waals surface area contributed by atoms with Gasteiger partial charge in [0.1, 0.15) is 0 Å². The summed E-state index contributed by atoms with van der Waals surface area (Å²) in [5.41, 5.74) is 1.92. The highest BCUT2D eigenvalue weighted by atomic mass is 16.3. The van der Waals surface area contributed by atoms with Crippen LogP contribution in [0.1, 0.15) is 71.4 Å². The Morgan fingerprint density at radius 3 is 1.56 bits per heavy atom. The highest BCUT2D eigenvalue weighted by Gasteiger charge is 2.27. The summed E-state index contributed by atoms with van der Waals surface area (Å²) >= 11 is 0. The zero-order valence-corrected chi connectivity index (χ0v) is 12.6. The summed E-state index contributed by atoms with van der Waals surface area (Å²) in [6, 6.07) is 8.52. The minimum absolute atomic E-state index is 0.173. The molecule has 0 atom stereocenters. The minimum atomic E-state index is -0.639. The van der Waals surface area contributed by atoms with E-state index in [2.05, 4.69) is 58.9 Å². The van der Waals surface area contributed by atoms with Crippen molar-refractivity contribution in [1.82, 2.24) is 0 Å². The predicted molar refractivity (Wildman–Crippen MR) is 78.9 cm³/mol. The summed E-state index contributed by atoms with van der Waals surface area (Å²) in [5, 5.41) is 10.8. The molecule has 1 heteroatoms. The molecule has 1 aromatic rings. The van der Waals surface area contributed by atoms with Crippen molar-refractivity contribution in [3.05, 3.63) is 35.4 Å². The average Bonchev–Trinajstić information content (AvgIpc) is 2.29. The third-order valence-corrected chi connectivity index (χ3v) is 3.62. The lowest BCUT2D eigenvalue weighted by molar-refractivity contribution is 0.0169. The number of rotatable bonds is 5. The van der Waals surface area contributed by atoms with Crippen LogP contribution in [0, 0.1) is 0 Å². The SMILES string of the molecule is CCCC(O)(CCC)c1ccc(C(C)(C)C)cc1. The lowest BCUT2D eigenvalue weighted by Gasteiger charge is -2.29. The van der Waals surface area contributed by atoms with Crippen molar-refractivity contribution in [3.8, 4) is 0 Å². The van der Waals surface area contributed by atoms with Gasteiger partial charge in [0, 0.05) is 0 Å². The fourth-order valence-corrected chi connectivity index (χ4v) is 2.52. The van der Waals surface area contributed by atoms with Gasteiger partial charge in [-0.15, -0.1) is 0 Å². The molecule has 0 spiro atoms. The van der Waals surface area contributed by atoms with Crippen LogP contribution in [0.2, 0.25) is 0 Å². The summed E-state index contributed by atoms with van der Waals surface area (Å²) in [6.07, 6.45) is 3.71.